The van der Waals surface area contributed by atoms with Gasteiger partial charge in [0.15, 0.2) is 0 Å². The van der Waals surface area contributed by atoms with Crippen molar-refractivity contribution in [2.75, 3.05) is 6.54 Å². The van der Waals surface area contributed by atoms with Gasteiger partial charge >= 0.3 is 0 Å². The van der Waals surface area contributed by atoms with Crippen molar-refractivity contribution in [3.63, 3.8) is 0 Å². The van der Waals surface area contributed by atoms with E-state index in [1.807, 2.05) is 47.5 Å². The third kappa shape index (κ3) is 3.73. The van der Waals surface area contributed by atoms with Crippen LogP contribution in [-0.4, -0.2) is 26.9 Å². The molecule has 154 valence electrons. The standard InChI is InChI=1S/C25H22N4OS/c26-14-6-15-28-17-18(19-7-1-3-9-21(19)28)12-13-24(30)29-16-5-10-22(29)25-27-20-8-2-4-11-23(20)31-25/h1-4,7-9,11-13,17,22H,5-6,10,15-16H2. The third-order valence-electron chi connectivity index (χ3n) is 5.82. The third-order valence-corrected chi connectivity index (χ3v) is 6.96. The van der Waals surface area contributed by atoms with E-state index >= 15 is 0 Å². The highest BCUT2D eigenvalue weighted by Crippen LogP contribution is 2.36. The van der Waals surface area contributed by atoms with Crippen molar-refractivity contribution >= 4 is 44.4 Å². The number of aromatic nitrogens is 2. The Labute approximate surface area is 184 Å². The van der Waals surface area contributed by atoms with E-state index < -0.39 is 0 Å². The number of carbonyl (C=O) groups is 1. The number of carbonyl (C=O) groups excluding carboxylic acids is 1. The molecule has 1 saturated heterocycles. The van der Waals surface area contributed by atoms with E-state index in [1.165, 1.54) is 0 Å². The van der Waals surface area contributed by atoms with E-state index in [4.69, 9.17) is 10.2 Å². The average molecular weight is 427 g/mol. The summed E-state index contributed by atoms with van der Waals surface area (Å²) in [5.41, 5.74) is 3.08. The molecule has 1 fully saturated rings. The molecule has 2 aromatic carbocycles. The summed E-state index contributed by atoms with van der Waals surface area (Å²) in [5, 5.41) is 11.1. The number of rotatable bonds is 5. The van der Waals surface area contributed by atoms with Gasteiger partial charge in [-0.15, -0.1) is 11.3 Å². The van der Waals surface area contributed by atoms with Crippen molar-refractivity contribution in [1.82, 2.24) is 14.5 Å². The number of para-hydroxylation sites is 2. The van der Waals surface area contributed by atoms with Crippen LogP contribution in [0.2, 0.25) is 0 Å². The zero-order valence-electron chi connectivity index (χ0n) is 17.1. The molecule has 0 N–H and O–H groups in total. The Hall–Kier alpha value is -3.43. The summed E-state index contributed by atoms with van der Waals surface area (Å²) in [4.78, 5) is 19.8. The molecule has 0 bridgehead atoms. The maximum atomic E-state index is 13.1. The van der Waals surface area contributed by atoms with Crippen molar-refractivity contribution in [3.8, 4) is 6.07 Å². The topological polar surface area (TPSA) is 61.9 Å². The van der Waals surface area contributed by atoms with Crippen molar-refractivity contribution < 1.29 is 4.79 Å². The summed E-state index contributed by atoms with van der Waals surface area (Å²) in [7, 11) is 0. The second kappa shape index (κ2) is 8.37. The van der Waals surface area contributed by atoms with Crippen LogP contribution in [0, 0.1) is 11.3 Å². The van der Waals surface area contributed by atoms with Crippen molar-refractivity contribution in [1.29, 1.82) is 5.26 Å². The highest BCUT2D eigenvalue weighted by Gasteiger charge is 2.31. The van der Waals surface area contributed by atoms with Gasteiger partial charge in [0.05, 0.1) is 28.7 Å². The number of benzene rings is 2. The first-order valence-corrected chi connectivity index (χ1v) is 11.4. The molecular formula is C25H22N4OS. The maximum Gasteiger partial charge on any atom is 0.247 e. The fourth-order valence-corrected chi connectivity index (χ4v) is 5.46. The second-order valence-corrected chi connectivity index (χ2v) is 8.81. The Morgan fingerprint density at radius 2 is 2.06 bits per heavy atom. The zero-order chi connectivity index (χ0) is 21.2. The molecule has 1 atom stereocenters. The Morgan fingerprint density at radius 3 is 2.94 bits per heavy atom. The molecule has 31 heavy (non-hydrogen) atoms. The van der Waals surface area contributed by atoms with E-state index in [-0.39, 0.29) is 11.9 Å². The molecule has 2 aromatic heterocycles. The van der Waals surface area contributed by atoms with Gasteiger partial charge in [-0.05, 0) is 37.1 Å². The van der Waals surface area contributed by atoms with Gasteiger partial charge in [0, 0.05) is 41.8 Å². The summed E-state index contributed by atoms with van der Waals surface area (Å²) < 4.78 is 3.25. The number of nitrogens with zero attached hydrogens (tertiary/aromatic N) is 4. The Bertz CT molecular complexity index is 1290. The maximum absolute atomic E-state index is 13.1. The van der Waals surface area contributed by atoms with Gasteiger partial charge in [0.1, 0.15) is 5.01 Å². The van der Waals surface area contributed by atoms with Crippen molar-refractivity contribution in [2.45, 2.75) is 31.8 Å². The summed E-state index contributed by atoms with van der Waals surface area (Å²) >= 11 is 1.68. The van der Waals surface area contributed by atoms with Crippen LogP contribution in [0.5, 0.6) is 0 Å². The quantitative estimate of drug-likeness (QED) is 0.394. The van der Waals surface area contributed by atoms with Gasteiger partial charge in [0.2, 0.25) is 5.91 Å². The predicted octanol–water partition coefficient (Wildman–Crippen LogP) is 5.54. The minimum Gasteiger partial charge on any atom is -0.346 e. The van der Waals surface area contributed by atoms with E-state index in [0.717, 1.165) is 51.1 Å². The highest BCUT2D eigenvalue weighted by molar-refractivity contribution is 7.18. The molecule has 0 saturated carbocycles. The molecule has 0 radical (unpaired) electrons. The monoisotopic (exact) mass is 426 g/mol. The fraction of sp³-hybridized carbons (Fsp3) is 0.240. The van der Waals surface area contributed by atoms with Crippen LogP contribution in [0.3, 0.4) is 0 Å². The molecule has 0 spiro atoms. The van der Waals surface area contributed by atoms with Crippen LogP contribution < -0.4 is 0 Å². The summed E-state index contributed by atoms with van der Waals surface area (Å²) in [6.07, 6.45) is 8.02. The molecule has 1 aliphatic heterocycles. The van der Waals surface area contributed by atoms with Gasteiger partial charge in [-0.3, -0.25) is 4.79 Å². The fourth-order valence-electron chi connectivity index (χ4n) is 4.34. The van der Waals surface area contributed by atoms with Gasteiger partial charge in [-0.2, -0.15) is 5.26 Å². The molecule has 5 nitrogen and oxygen atoms in total. The lowest BCUT2D eigenvalue weighted by molar-refractivity contribution is -0.126. The van der Waals surface area contributed by atoms with Gasteiger partial charge < -0.3 is 9.47 Å². The number of hydrogen-bond donors (Lipinski definition) is 0. The molecule has 3 heterocycles. The van der Waals surface area contributed by atoms with E-state index in [0.29, 0.717) is 13.0 Å². The number of likely N-dealkylation sites (tertiary alicyclic amines) is 1. The summed E-state index contributed by atoms with van der Waals surface area (Å²) in [5.74, 6) is 0.0237. The zero-order valence-corrected chi connectivity index (χ0v) is 17.9. The largest absolute Gasteiger partial charge is 0.346 e. The Morgan fingerprint density at radius 1 is 1.23 bits per heavy atom. The Balaban J connectivity index is 1.40. The number of fused-ring (bicyclic) bond motifs is 2. The van der Waals surface area contributed by atoms with E-state index in [2.05, 4.69) is 28.8 Å². The van der Waals surface area contributed by atoms with Crippen LogP contribution in [0.4, 0.5) is 0 Å². The molecule has 1 amide bonds. The number of aryl methyl sites for hydroxylation is 1. The number of thiazole rings is 1. The molecular weight excluding hydrogens is 404 g/mol. The van der Waals surface area contributed by atoms with Gasteiger partial charge in [-0.25, -0.2) is 4.98 Å². The molecule has 1 unspecified atom stereocenters. The lowest BCUT2D eigenvalue weighted by Crippen LogP contribution is -2.28. The van der Waals surface area contributed by atoms with Crippen LogP contribution in [0.25, 0.3) is 27.2 Å². The van der Waals surface area contributed by atoms with Crippen molar-refractivity contribution in [3.05, 3.63) is 71.4 Å². The first-order valence-electron chi connectivity index (χ1n) is 10.5. The van der Waals surface area contributed by atoms with Crippen LogP contribution in [-0.2, 0) is 11.3 Å². The lowest BCUT2D eigenvalue weighted by Gasteiger charge is -2.21. The molecule has 4 aromatic rings. The lowest BCUT2D eigenvalue weighted by atomic mass is 10.1. The highest BCUT2D eigenvalue weighted by atomic mass is 32.1. The van der Waals surface area contributed by atoms with Gasteiger partial charge in [0.25, 0.3) is 0 Å². The Kier molecular flexibility index (Phi) is 5.27. The summed E-state index contributed by atoms with van der Waals surface area (Å²) in [6.45, 7) is 1.40. The van der Waals surface area contributed by atoms with Crippen molar-refractivity contribution in [2.24, 2.45) is 0 Å². The minimum absolute atomic E-state index is 0.0237. The first-order chi connectivity index (χ1) is 15.2. The number of amides is 1. The van der Waals surface area contributed by atoms with Crippen LogP contribution >= 0.6 is 11.3 Å². The molecule has 5 rings (SSSR count). The van der Waals surface area contributed by atoms with E-state index in [1.54, 1.807) is 17.4 Å². The smallest absolute Gasteiger partial charge is 0.247 e. The second-order valence-electron chi connectivity index (χ2n) is 7.75. The summed E-state index contributed by atoms with van der Waals surface area (Å²) in [6, 6.07) is 18.5. The minimum atomic E-state index is 0.0237. The van der Waals surface area contributed by atoms with Gasteiger partial charge in [-0.1, -0.05) is 30.3 Å². The van der Waals surface area contributed by atoms with Crippen LogP contribution in [0.15, 0.2) is 60.8 Å². The SMILES string of the molecule is N#CCCn1cc(C=CC(=O)N2CCCC2c2nc3ccccc3s2)c2ccccc21. The predicted molar refractivity (Wildman–Crippen MR) is 125 cm³/mol. The normalized spacial score (nSPS) is 16.5. The van der Waals surface area contributed by atoms with E-state index in [9.17, 15) is 4.79 Å². The molecule has 0 aliphatic carbocycles. The number of nitriles is 1. The number of hydrogen-bond acceptors (Lipinski definition) is 4. The van der Waals surface area contributed by atoms with Crippen LogP contribution in [0.1, 0.15) is 35.9 Å². The molecule has 1 aliphatic rings. The average Bonchev–Trinajstić information content (AvgIpc) is 3.52. The molecule has 6 heteroatoms. The first kappa shape index (κ1) is 19.5.